The van der Waals surface area contributed by atoms with Gasteiger partial charge >= 0.3 is 11.9 Å². The molecule has 0 bridgehead atoms. The zero-order valence-electron chi connectivity index (χ0n) is 18.1. The number of carbonyl (C=O) groups excluding carboxylic acids is 1. The van der Waals surface area contributed by atoms with Gasteiger partial charge in [-0.1, -0.05) is 30.3 Å². The quantitative estimate of drug-likeness (QED) is 0.498. The van der Waals surface area contributed by atoms with Gasteiger partial charge in [-0.25, -0.2) is 4.79 Å². The largest absolute Gasteiger partial charge is 0.416 e. The molecule has 1 amide bonds. The van der Waals surface area contributed by atoms with Crippen molar-refractivity contribution in [1.29, 1.82) is 0 Å². The van der Waals surface area contributed by atoms with Crippen LogP contribution in [0.1, 0.15) is 22.7 Å². The molecule has 0 spiro atoms. The summed E-state index contributed by atoms with van der Waals surface area (Å²) in [4.78, 5) is 42.3. The van der Waals surface area contributed by atoms with Crippen molar-refractivity contribution < 1.29 is 18.0 Å². The van der Waals surface area contributed by atoms with E-state index in [1.807, 2.05) is 0 Å². The Labute approximate surface area is 190 Å². The maximum atomic E-state index is 13.0. The van der Waals surface area contributed by atoms with Gasteiger partial charge in [0, 0.05) is 19.7 Å². The summed E-state index contributed by atoms with van der Waals surface area (Å²) in [5.74, 6) is -1.91. The molecule has 0 fully saturated rings. The van der Waals surface area contributed by atoms with E-state index in [4.69, 9.17) is 5.73 Å². The Kier molecular flexibility index (Phi) is 5.60. The summed E-state index contributed by atoms with van der Waals surface area (Å²) in [5, 5.41) is 0.151. The van der Waals surface area contributed by atoms with E-state index in [1.165, 1.54) is 30.8 Å². The number of aryl methyl sites for hydroxylation is 1. The smallest absolute Gasteiger partial charge is 0.369 e. The topological polar surface area (TPSA) is 100.0 Å². The van der Waals surface area contributed by atoms with Crippen molar-refractivity contribution in [1.82, 2.24) is 14.1 Å². The number of hydrogen-bond acceptors (Lipinski definition) is 4. The molecule has 2 heterocycles. The van der Waals surface area contributed by atoms with Gasteiger partial charge in [0.2, 0.25) is 5.91 Å². The van der Waals surface area contributed by atoms with Crippen LogP contribution in [0.4, 0.5) is 13.2 Å². The van der Waals surface area contributed by atoms with E-state index in [9.17, 15) is 27.6 Å². The molecular formula is C24H19F3N4O3. The van der Waals surface area contributed by atoms with Crippen molar-refractivity contribution in [2.75, 3.05) is 0 Å². The summed E-state index contributed by atoms with van der Waals surface area (Å²) in [6.07, 6.45) is -4.47. The highest BCUT2D eigenvalue weighted by Gasteiger charge is 2.30. The van der Waals surface area contributed by atoms with Crippen molar-refractivity contribution >= 4 is 16.8 Å². The zero-order chi connectivity index (χ0) is 24.8. The monoisotopic (exact) mass is 468 g/mol. The van der Waals surface area contributed by atoms with Gasteiger partial charge in [-0.2, -0.15) is 13.2 Å². The number of pyridine rings is 1. The Morgan fingerprint density at radius 1 is 0.941 bits per heavy atom. The third-order valence-corrected chi connectivity index (χ3v) is 5.70. The minimum Gasteiger partial charge on any atom is -0.369 e. The van der Waals surface area contributed by atoms with Crippen molar-refractivity contribution in [3.63, 3.8) is 0 Å². The first-order chi connectivity index (χ1) is 16.0. The average molecular weight is 468 g/mol. The second-order valence-corrected chi connectivity index (χ2v) is 7.81. The fourth-order valence-corrected chi connectivity index (χ4v) is 3.95. The third kappa shape index (κ3) is 3.87. The first-order valence-corrected chi connectivity index (χ1v) is 10.1. The van der Waals surface area contributed by atoms with Crippen molar-refractivity contribution in [3.05, 3.63) is 98.3 Å². The van der Waals surface area contributed by atoms with Crippen molar-refractivity contribution in [2.45, 2.75) is 12.1 Å². The van der Waals surface area contributed by atoms with Crippen LogP contribution in [0.15, 0.2) is 70.3 Å². The van der Waals surface area contributed by atoms with E-state index in [2.05, 4.69) is 4.98 Å². The van der Waals surface area contributed by atoms with E-state index < -0.39 is 34.8 Å². The predicted molar refractivity (Wildman–Crippen MR) is 120 cm³/mol. The van der Waals surface area contributed by atoms with Gasteiger partial charge in [0.15, 0.2) is 0 Å². The Balaban J connectivity index is 1.89. The molecule has 0 aliphatic heterocycles. The molecule has 0 saturated heterocycles. The Morgan fingerprint density at radius 3 is 2.21 bits per heavy atom. The fourth-order valence-electron chi connectivity index (χ4n) is 3.95. The summed E-state index contributed by atoms with van der Waals surface area (Å²) in [5.41, 5.74) is 5.39. The molecule has 0 radical (unpaired) electrons. The van der Waals surface area contributed by atoms with E-state index in [0.29, 0.717) is 16.8 Å². The van der Waals surface area contributed by atoms with Gasteiger partial charge in [0.05, 0.1) is 27.9 Å². The van der Waals surface area contributed by atoms with Crippen LogP contribution < -0.4 is 17.0 Å². The SMILES string of the molecule is Cn1c(=O)c2c(C(C(N)=O)c3cccc(-c4ccc(C(F)(F)F)cc4)n3)cccc2n(C)c1=O. The number of halogens is 3. The molecule has 10 heteroatoms. The van der Waals surface area contributed by atoms with E-state index >= 15 is 0 Å². The van der Waals surface area contributed by atoms with Crippen LogP contribution in [0, 0.1) is 0 Å². The molecule has 1 atom stereocenters. The molecular weight excluding hydrogens is 449 g/mol. The first kappa shape index (κ1) is 23.0. The number of aromatic nitrogens is 3. The lowest BCUT2D eigenvalue weighted by molar-refractivity contribution is -0.137. The Bertz CT molecular complexity index is 1540. The highest BCUT2D eigenvalue weighted by molar-refractivity contribution is 5.92. The molecule has 0 saturated carbocycles. The molecule has 2 aromatic heterocycles. The lowest BCUT2D eigenvalue weighted by Crippen LogP contribution is -2.38. The number of nitrogens with zero attached hydrogens (tertiary/aromatic N) is 3. The van der Waals surface area contributed by atoms with E-state index in [0.717, 1.165) is 16.7 Å². The molecule has 4 aromatic rings. The summed E-state index contributed by atoms with van der Waals surface area (Å²) >= 11 is 0. The molecule has 2 aromatic carbocycles. The minimum atomic E-state index is -4.47. The lowest BCUT2D eigenvalue weighted by atomic mass is 9.91. The van der Waals surface area contributed by atoms with Gasteiger partial charge in [-0.15, -0.1) is 0 Å². The van der Waals surface area contributed by atoms with Crippen LogP contribution in [0.25, 0.3) is 22.2 Å². The van der Waals surface area contributed by atoms with Gasteiger partial charge < -0.3 is 5.73 Å². The molecule has 0 aliphatic carbocycles. The maximum Gasteiger partial charge on any atom is 0.416 e. The molecule has 0 aliphatic rings. The van der Waals surface area contributed by atoms with Crippen LogP contribution >= 0.6 is 0 Å². The van der Waals surface area contributed by atoms with Crippen LogP contribution in [0.3, 0.4) is 0 Å². The summed E-state index contributed by atoms with van der Waals surface area (Å²) in [6, 6.07) is 14.0. The van der Waals surface area contributed by atoms with Crippen molar-refractivity contribution in [3.8, 4) is 11.3 Å². The van der Waals surface area contributed by atoms with Crippen LogP contribution in [-0.2, 0) is 25.1 Å². The maximum absolute atomic E-state index is 13.0. The Hall–Kier alpha value is -4.21. The summed E-state index contributed by atoms with van der Waals surface area (Å²) in [7, 11) is 2.85. The standard InChI is InChI=1S/C24H19F3N4O3/c1-30-18-8-3-5-15(20(18)22(33)31(2)23(30)34)19(21(28)32)17-7-4-6-16(29-17)13-9-11-14(12-10-13)24(25,26)27/h3-12,19H,1-2H3,(H2,28,32). The van der Waals surface area contributed by atoms with Gasteiger partial charge in [0.1, 0.15) is 5.92 Å². The van der Waals surface area contributed by atoms with Gasteiger partial charge in [-0.3, -0.25) is 23.7 Å². The molecule has 174 valence electrons. The number of primary amides is 1. The van der Waals surface area contributed by atoms with Crippen LogP contribution in [0.5, 0.6) is 0 Å². The Morgan fingerprint density at radius 2 is 1.59 bits per heavy atom. The second kappa shape index (κ2) is 8.29. The third-order valence-electron chi connectivity index (χ3n) is 5.70. The minimum absolute atomic E-state index is 0.151. The average Bonchev–Trinajstić information content (AvgIpc) is 2.81. The summed E-state index contributed by atoms with van der Waals surface area (Å²) < 4.78 is 40.9. The number of carbonyl (C=O) groups is 1. The number of fused-ring (bicyclic) bond motifs is 1. The molecule has 7 nitrogen and oxygen atoms in total. The summed E-state index contributed by atoms with van der Waals surface area (Å²) in [6.45, 7) is 0. The van der Waals surface area contributed by atoms with Crippen molar-refractivity contribution in [2.24, 2.45) is 19.8 Å². The molecule has 2 N–H and O–H groups in total. The molecule has 4 rings (SSSR count). The predicted octanol–water partition coefficient (Wildman–Crippen LogP) is 2.94. The number of rotatable bonds is 4. The van der Waals surface area contributed by atoms with E-state index in [-0.39, 0.29) is 16.6 Å². The number of nitrogens with two attached hydrogens (primary N) is 1. The molecule has 34 heavy (non-hydrogen) atoms. The van der Waals surface area contributed by atoms with Crippen LogP contribution in [-0.4, -0.2) is 20.0 Å². The number of hydrogen-bond donors (Lipinski definition) is 1. The highest BCUT2D eigenvalue weighted by Crippen LogP contribution is 2.32. The molecule has 1 unspecified atom stereocenters. The normalized spacial score (nSPS) is 12.6. The second-order valence-electron chi connectivity index (χ2n) is 7.81. The first-order valence-electron chi connectivity index (χ1n) is 10.1. The number of benzene rings is 2. The zero-order valence-corrected chi connectivity index (χ0v) is 18.1. The van der Waals surface area contributed by atoms with Crippen LogP contribution in [0.2, 0.25) is 0 Å². The van der Waals surface area contributed by atoms with E-state index in [1.54, 1.807) is 36.4 Å². The number of alkyl halides is 3. The lowest BCUT2D eigenvalue weighted by Gasteiger charge is -2.18. The van der Waals surface area contributed by atoms with Gasteiger partial charge in [0.25, 0.3) is 5.56 Å². The highest BCUT2D eigenvalue weighted by atomic mass is 19.4. The fraction of sp³-hybridized carbons (Fsp3) is 0.167. The van der Waals surface area contributed by atoms with Gasteiger partial charge in [-0.05, 0) is 35.9 Å². The number of amides is 1.